The molecule has 0 aliphatic carbocycles. The van der Waals surface area contributed by atoms with Crippen molar-refractivity contribution in [2.45, 2.75) is 25.4 Å². The van der Waals surface area contributed by atoms with Gasteiger partial charge in [-0.15, -0.1) is 5.10 Å². The zero-order chi connectivity index (χ0) is 14.5. The Morgan fingerprint density at radius 1 is 1.33 bits per heavy atom. The number of hydrogen-bond donors (Lipinski definition) is 0. The molecule has 0 N–H and O–H groups in total. The Labute approximate surface area is 125 Å². The summed E-state index contributed by atoms with van der Waals surface area (Å²) in [5.41, 5.74) is 0. The van der Waals surface area contributed by atoms with Crippen LogP contribution in [0.4, 0.5) is 5.82 Å². The van der Waals surface area contributed by atoms with Crippen LogP contribution in [0.2, 0.25) is 0 Å². The third-order valence-corrected chi connectivity index (χ3v) is 4.02. The van der Waals surface area contributed by atoms with Gasteiger partial charge in [0.25, 0.3) is 0 Å². The molecule has 3 rings (SSSR count). The predicted molar refractivity (Wildman–Crippen MR) is 82.1 cm³/mol. The normalized spacial score (nSPS) is 18.6. The molecule has 1 aliphatic rings. The monoisotopic (exact) mass is 286 g/mol. The summed E-state index contributed by atoms with van der Waals surface area (Å²) in [5, 5.41) is 12.5. The molecule has 2 aromatic heterocycles. The van der Waals surface area contributed by atoms with Crippen LogP contribution in [0, 0.1) is 0 Å². The van der Waals surface area contributed by atoms with Crippen molar-refractivity contribution in [3.63, 3.8) is 0 Å². The minimum atomic E-state index is 0.532. The van der Waals surface area contributed by atoms with Crippen molar-refractivity contribution < 1.29 is 0 Å². The molecule has 0 unspecified atom stereocenters. The first kappa shape index (κ1) is 14.0. The molecule has 1 atom stereocenters. The fourth-order valence-corrected chi connectivity index (χ4v) is 2.93. The lowest BCUT2D eigenvalue weighted by Gasteiger charge is -2.29. The minimum Gasteiger partial charge on any atom is -0.351 e. The van der Waals surface area contributed by atoms with Gasteiger partial charge in [0.1, 0.15) is 0 Å². The second-order valence-electron chi connectivity index (χ2n) is 5.60. The van der Waals surface area contributed by atoms with Gasteiger partial charge in [0.2, 0.25) is 0 Å². The Balaban J connectivity index is 1.53. The van der Waals surface area contributed by atoms with E-state index in [1.165, 1.54) is 12.8 Å². The van der Waals surface area contributed by atoms with E-state index < -0.39 is 0 Å². The first-order chi connectivity index (χ1) is 10.3. The minimum absolute atomic E-state index is 0.532. The molecule has 1 saturated heterocycles. The molecule has 0 amide bonds. The van der Waals surface area contributed by atoms with Crippen LogP contribution in [0.5, 0.6) is 0 Å². The summed E-state index contributed by atoms with van der Waals surface area (Å²) in [6.07, 6.45) is 8.02. The van der Waals surface area contributed by atoms with E-state index in [1.54, 1.807) is 6.20 Å². The molecule has 112 valence electrons. The Kier molecular flexibility index (Phi) is 4.45. The van der Waals surface area contributed by atoms with Gasteiger partial charge in [-0.1, -0.05) is 0 Å². The van der Waals surface area contributed by atoms with Gasteiger partial charge in [-0.2, -0.15) is 10.2 Å². The predicted octanol–water partition coefficient (Wildman–Crippen LogP) is 1.27. The average Bonchev–Trinajstić information content (AvgIpc) is 3.17. The van der Waals surface area contributed by atoms with E-state index in [1.807, 2.05) is 29.2 Å². The first-order valence-electron chi connectivity index (χ1n) is 7.53. The van der Waals surface area contributed by atoms with Gasteiger partial charge < -0.3 is 9.80 Å². The number of aromatic nitrogens is 4. The van der Waals surface area contributed by atoms with E-state index in [4.69, 9.17) is 0 Å². The van der Waals surface area contributed by atoms with Crippen LogP contribution in [0.1, 0.15) is 12.8 Å². The highest BCUT2D eigenvalue weighted by Crippen LogP contribution is 2.23. The summed E-state index contributed by atoms with van der Waals surface area (Å²) >= 11 is 0. The van der Waals surface area contributed by atoms with Gasteiger partial charge in [0.05, 0.1) is 6.54 Å². The molecule has 21 heavy (non-hydrogen) atoms. The molecule has 2 aromatic rings. The standard InChI is InChI=1S/C15H22N6/c1-19(11-12-20-9-4-8-17-20)13-14-5-3-10-21(14)15-6-2-7-16-18-15/h2,4,6-9,14H,3,5,10-13H2,1H3/t14-/m1/s1. The van der Waals surface area contributed by atoms with Crippen molar-refractivity contribution in [2.24, 2.45) is 0 Å². The molecule has 6 heteroatoms. The van der Waals surface area contributed by atoms with Crippen molar-refractivity contribution in [1.82, 2.24) is 24.9 Å². The van der Waals surface area contributed by atoms with Crippen molar-refractivity contribution in [3.05, 3.63) is 36.8 Å². The lowest BCUT2D eigenvalue weighted by Crippen LogP contribution is -2.40. The third kappa shape index (κ3) is 3.58. The van der Waals surface area contributed by atoms with E-state index >= 15 is 0 Å². The highest BCUT2D eigenvalue weighted by molar-refractivity contribution is 5.39. The van der Waals surface area contributed by atoms with E-state index in [0.29, 0.717) is 6.04 Å². The van der Waals surface area contributed by atoms with Crippen LogP contribution in [0.15, 0.2) is 36.8 Å². The zero-order valence-corrected chi connectivity index (χ0v) is 12.5. The quantitative estimate of drug-likeness (QED) is 0.800. The Morgan fingerprint density at radius 2 is 2.29 bits per heavy atom. The smallest absolute Gasteiger partial charge is 0.151 e. The maximum Gasteiger partial charge on any atom is 0.151 e. The maximum atomic E-state index is 4.25. The summed E-state index contributed by atoms with van der Waals surface area (Å²) < 4.78 is 1.98. The molecule has 1 aliphatic heterocycles. The van der Waals surface area contributed by atoms with Crippen molar-refractivity contribution in [1.29, 1.82) is 0 Å². The lowest BCUT2D eigenvalue weighted by molar-refractivity contribution is 0.292. The Hall–Kier alpha value is -1.95. The fraction of sp³-hybridized carbons (Fsp3) is 0.533. The summed E-state index contributed by atoms with van der Waals surface area (Å²) in [7, 11) is 2.18. The van der Waals surface area contributed by atoms with Gasteiger partial charge in [0.15, 0.2) is 5.82 Å². The van der Waals surface area contributed by atoms with Gasteiger partial charge >= 0.3 is 0 Å². The third-order valence-electron chi connectivity index (χ3n) is 4.02. The van der Waals surface area contributed by atoms with Gasteiger partial charge in [-0.05, 0) is 38.1 Å². The maximum absolute atomic E-state index is 4.25. The van der Waals surface area contributed by atoms with Crippen LogP contribution in [0.3, 0.4) is 0 Å². The van der Waals surface area contributed by atoms with Crippen molar-refractivity contribution in [2.75, 3.05) is 31.6 Å². The van der Waals surface area contributed by atoms with Gasteiger partial charge in [-0.25, -0.2) is 0 Å². The van der Waals surface area contributed by atoms with Crippen molar-refractivity contribution in [3.8, 4) is 0 Å². The zero-order valence-electron chi connectivity index (χ0n) is 12.5. The summed E-state index contributed by atoms with van der Waals surface area (Å²) in [6.45, 7) is 4.07. The summed E-state index contributed by atoms with van der Waals surface area (Å²) in [6, 6.07) is 6.50. The van der Waals surface area contributed by atoms with E-state index in [0.717, 1.165) is 32.0 Å². The van der Waals surface area contributed by atoms with Gasteiger partial charge in [0, 0.05) is 44.3 Å². The van der Waals surface area contributed by atoms with Crippen LogP contribution < -0.4 is 4.90 Å². The molecule has 0 spiro atoms. The lowest BCUT2D eigenvalue weighted by atomic mass is 10.2. The molecule has 0 radical (unpaired) electrons. The second-order valence-corrected chi connectivity index (χ2v) is 5.60. The van der Waals surface area contributed by atoms with Crippen molar-refractivity contribution >= 4 is 5.82 Å². The average molecular weight is 286 g/mol. The first-order valence-corrected chi connectivity index (χ1v) is 7.53. The van der Waals surface area contributed by atoms with E-state index in [-0.39, 0.29) is 0 Å². The van der Waals surface area contributed by atoms with E-state index in [9.17, 15) is 0 Å². The number of rotatable bonds is 6. The van der Waals surface area contributed by atoms with Crippen LogP contribution in [-0.4, -0.2) is 57.6 Å². The molecule has 0 aromatic carbocycles. The summed E-state index contributed by atoms with van der Waals surface area (Å²) in [4.78, 5) is 4.76. The molecule has 6 nitrogen and oxygen atoms in total. The molecular weight excluding hydrogens is 264 g/mol. The highest BCUT2D eigenvalue weighted by Gasteiger charge is 2.26. The van der Waals surface area contributed by atoms with E-state index in [2.05, 4.69) is 38.2 Å². The van der Waals surface area contributed by atoms with Crippen LogP contribution in [0.25, 0.3) is 0 Å². The topological polar surface area (TPSA) is 50.1 Å². The Morgan fingerprint density at radius 3 is 3.05 bits per heavy atom. The molecule has 0 saturated carbocycles. The summed E-state index contributed by atoms with van der Waals surface area (Å²) in [5.74, 6) is 1.00. The number of likely N-dealkylation sites (N-methyl/N-ethyl adjacent to an activating group) is 1. The SMILES string of the molecule is CN(CCn1cccn1)C[C@H]1CCCN1c1cccnn1. The molecule has 1 fully saturated rings. The molecule has 3 heterocycles. The fourth-order valence-electron chi connectivity index (χ4n) is 2.93. The Bertz CT molecular complexity index is 526. The molecular formula is C15H22N6. The van der Waals surface area contributed by atoms with Crippen LogP contribution in [-0.2, 0) is 6.54 Å². The number of hydrogen-bond acceptors (Lipinski definition) is 5. The largest absolute Gasteiger partial charge is 0.351 e. The highest BCUT2D eigenvalue weighted by atomic mass is 15.3. The number of anilines is 1. The van der Waals surface area contributed by atoms with Crippen LogP contribution >= 0.6 is 0 Å². The number of nitrogens with zero attached hydrogens (tertiary/aromatic N) is 6. The second kappa shape index (κ2) is 6.67. The van der Waals surface area contributed by atoms with Gasteiger partial charge in [-0.3, -0.25) is 4.68 Å². The molecule has 0 bridgehead atoms.